The van der Waals surface area contributed by atoms with Crippen LogP contribution in [0.25, 0.3) is 5.69 Å². The van der Waals surface area contributed by atoms with Crippen molar-refractivity contribution in [2.24, 2.45) is 0 Å². The first-order valence-corrected chi connectivity index (χ1v) is 5.30. The van der Waals surface area contributed by atoms with Crippen molar-refractivity contribution in [1.29, 1.82) is 5.26 Å². The van der Waals surface area contributed by atoms with Crippen LogP contribution in [0.3, 0.4) is 0 Å². The van der Waals surface area contributed by atoms with Crippen LogP contribution in [0.15, 0.2) is 24.3 Å². The molecule has 17 heavy (non-hydrogen) atoms. The van der Waals surface area contributed by atoms with E-state index in [4.69, 9.17) is 0 Å². The number of aromatic nitrogens is 2. The van der Waals surface area contributed by atoms with E-state index in [2.05, 4.69) is 16.5 Å². The maximum atomic E-state index is 9.24. The van der Waals surface area contributed by atoms with E-state index in [1.54, 1.807) is 28.9 Å². The van der Waals surface area contributed by atoms with Crippen LogP contribution in [0.2, 0.25) is 0 Å². The molecule has 0 aliphatic carbocycles. The van der Waals surface area contributed by atoms with Crippen LogP contribution in [-0.2, 0) is 13.1 Å². The molecule has 3 rings (SSSR count). The van der Waals surface area contributed by atoms with Crippen LogP contribution < -0.4 is 5.32 Å². The third-order valence-corrected chi connectivity index (χ3v) is 2.86. The molecule has 0 bridgehead atoms. The highest BCUT2D eigenvalue weighted by Crippen LogP contribution is 2.22. The lowest BCUT2D eigenvalue weighted by molar-refractivity contribution is 0.475. The highest BCUT2D eigenvalue weighted by atomic mass is 16.3. The van der Waals surface area contributed by atoms with Crippen LogP contribution in [0.4, 0.5) is 0 Å². The Morgan fingerprint density at radius 2 is 2.06 bits per heavy atom. The van der Waals surface area contributed by atoms with Crippen LogP contribution in [-0.4, -0.2) is 14.9 Å². The molecule has 1 aromatic carbocycles. The van der Waals surface area contributed by atoms with Gasteiger partial charge in [-0.3, -0.25) is 0 Å². The van der Waals surface area contributed by atoms with Gasteiger partial charge >= 0.3 is 0 Å². The number of benzene rings is 1. The molecular weight excluding hydrogens is 216 g/mol. The molecule has 5 heteroatoms. The van der Waals surface area contributed by atoms with Crippen LogP contribution in [0.5, 0.6) is 5.75 Å². The summed E-state index contributed by atoms with van der Waals surface area (Å²) in [6, 6.07) is 8.84. The number of fused-ring (bicyclic) bond motifs is 1. The number of hydrogen-bond donors (Lipinski definition) is 2. The minimum atomic E-state index is 0.202. The molecule has 0 amide bonds. The van der Waals surface area contributed by atoms with E-state index in [0.29, 0.717) is 18.8 Å². The fourth-order valence-corrected chi connectivity index (χ4v) is 2.02. The Balaban J connectivity index is 2.16. The monoisotopic (exact) mass is 226 g/mol. The van der Waals surface area contributed by atoms with Gasteiger partial charge in [-0.2, -0.15) is 10.4 Å². The van der Waals surface area contributed by atoms with E-state index in [9.17, 15) is 10.4 Å². The van der Waals surface area contributed by atoms with E-state index in [0.717, 1.165) is 16.9 Å². The molecule has 0 atom stereocenters. The summed E-state index contributed by atoms with van der Waals surface area (Å²) in [4.78, 5) is 0. The molecule has 0 saturated heterocycles. The van der Waals surface area contributed by atoms with E-state index in [1.165, 1.54) is 0 Å². The summed E-state index contributed by atoms with van der Waals surface area (Å²) in [5.74, 6) is 0.202. The average Bonchev–Trinajstić information content (AvgIpc) is 2.89. The van der Waals surface area contributed by atoms with Gasteiger partial charge in [0.2, 0.25) is 0 Å². The van der Waals surface area contributed by atoms with Crippen molar-refractivity contribution in [1.82, 2.24) is 15.1 Å². The van der Waals surface area contributed by atoms with Gasteiger partial charge in [0.25, 0.3) is 0 Å². The van der Waals surface area contributed by atoms with Gasteiger partial charge in [0.15, 0.2) is 0 Å². The number of nitrogens with one attached hydrogen (secondary N) is 1. The van der Waals surface area contributed by atoms with Gasteiger partial charge in [-0.15, -0.1) is 0 Å². The summed E-state index contributed by atoms with van der Waals surface area (Å²) >= 11 is 0. The number of aromatic hydroxyl groups is 1. The molecular formula is C12H10N4O. The largest absolute Gasteiger partial charge is 0.508 e. The molecule has 5 nitrogen and oxygen atoms in total. The van der Waals surface area contributed by atoms with Crippen LogP contribution in [0, 0.1) is 11.3 Å². The summed E-state index contributed by atoms with van der Waals surface area (Å²) in [7, 11) is 0. The van der Waals surface area contributed by atoms with Gasteiger partial charge in [-0.25, -0.2) is 4.68 Å². The Labute approximate surface area is 97.9 Å². The zero-order chi connectivity index (χ0) is 11.8. The van der Waals surface area contributed by atoms with Crippen molar-refractivity contribution in [3.63, 3.8) is 0 Å². The number of hydrogen-bond acceptors (Lipinski definition) is 4. The van der Waals surface area contributed by atoms with Gasteiger partial charge in [0.1, 0.15) is 17.5 Å². The standard InChI is InChI=1S/C12H10N4O/c13-5-12-10-6-14-7-11(10)15-16(12)8-1-3-9(17)4-2-8/h1-4,14,17H,6-7H2. The summed E-state index contributed by atoms with van der Waals surface area (Å²) in [5, 5.41) is 26.0. The lowest BCUT2D eigenvalue weighted by atomic mass is 10.2. The van der Waals surface area contributed by atoms with Crippen LogP contribution >= 0.6 is 0 Å². The molecule has 0 unspecified atom stereocenters. The summed E-state index contributed by atoms with van der Waals surface area (Å²) in [6.07, 6.45) is 0. The molecule has 2 N–H and O–H groups in total. The second-order valence-corrected chi connectivity index (χ2v) is 3.92. The lowest BCUT2D eigenvalue weighted by Crippen LogP contribution is -2.07. The fraction of sp³-hybridized carbons (Fsp3) is 0.167. The molecule has 1 aromatic heterocycles. The maximum absolute atomic E-state index is 9.24. The van der Waals surface area contributed by atoms with Gasteiger partial charge in [0, 0.05) is 18.7 Å². The van der Waals surface area contributed by atoms with E-state index in [1.807, 2.05) is 0 Å². The molecule has 0 spiro atoms. The minimum absolute atomic E-state index is 0.202. The molecule has 2 aromatic rings. The first-order chi connectivity index (χ1) is 8.29. The first kappa shape index (κ1) is 9.87. The fourth-order valence-electron chi connectivity index (χ4n) is 2.02. The van der Waals surface area contributed by atoms with Crippen molar-refractivity contribution in [2.75, 3.05) is 0 Å². The zero-order valence-electron chi connectivity index (χ0n) is 9.01. The van der Waals surface area contributed by atoms with Gasteiger partial charge in [0.05, 0.1) is 11.4 Å². The van der Waals surface area contributed by atoms with E-state index >= 15 is 0 Å². The molecule has 0 radical (unpaired) electrons. The molecule has 0 fully saturated rings. The van der Waals surface area contributed by atoms with E-state index < -0.39 is 0 Å². The van der Waals surface area contributed by atoms with Crippen molar-refractivity contribution in [3.05, 3.63) is 41.2 Å². The normalized spacial score (nSPS) is 13.4. The molecule has 1 aliphatic heterocycles. The van der Waals surface area contributed by atoms with Gasteiger partial charge < -0.3 is 10.4 Å². The Bertz CT molecular complexity index is 607. The molecule has 2 heterocycles. The van der Waals surface area contributed by atoms with Crippen molar-refractivity contribution in [2.45, 2.75) is 13.1 Å². The Morgan fingerprint density at radius 3 is 2.76 bits per heavy atom. The predicted molar refractivity (Wildman–Crippen MR) is 60.5 cm³/mol. The Hall–Kier alpha value is -2.32. The Morgan fingerprint density at radius 1 is 1.29 bits per heavy atom. The predicted octanol–water partition coefficient (Wildman–Crippen LogP) is 1.05. The van der Waals surface area contributed by atoms with Crippen molar-refractivity contribution in [3.8, 4) is 17.5 Å². The Kier molecular flexibility index (Phi) is 2.10. The van der Waals surface area contributed by atoms with Gasteiger partial charge in [-0.05, 0) is 24.3 Å². The number of nitrogens with zero attached hydrogens (tertiary/aromatic N) is 3. The first-order valence-electron chi connectivity index (χ1n) is 5.30. The third-order valence-electron chi connectivity index (χ3n) is 2.86. The third kappa shape index (κ3) is 1.47. The second-order valence-electron chi connectivity index (χ2n) is 3.92. The van der Waals surface area contributed by atoms with Crippen LogP contribution in [0.1, 0.15) is 17.0 Å². The number of phenolic OH excluding ortho intramolecular Hbond substituents is 1. The summed E-state index contributed by atoms with van der Waals surface area (Å²) in [6.45, 7) is 1.39. The SMILES string of the molecule is N#Cc1c2c(nn1-c1ccc(O)cc1)CNC2. The quantitative estimate of drug-likeness (QED) is 0.762. The molecule has 84 valence electrons. The minimum Gasteiger partial charge on any atom is -0.508 e. The van der Waals surface area contributed by atoms with Crippen molar-refractivity contribution >= 4 is 0 Å². The second kappa shape index (κ2) is 3.61. The summed E-state index contributed by atoms with van der Waals surface area (Å²) < 4.78 is 1.63. The maximum Gasteiger partial charge on any atom is 0.149 e. The molecule has 0 saturated carbocycles. The topological polar surface area (TPSA) is 73.9 Å². The molecule has 1 aliphatic rings. The number of phenols is 1. The van der Waals surface area contributed by atoms with Crippen molar-refractivity contribution < 1.29 is 5.11 Å². The summed E-state index contributed by atoms with van der Waals surface area (Å²) in [5.41, 5.74) is 3.25. The lowest BCUT2D eigenvalue weighted by Gasteiger charge is -2.04. The number of nitriles is 1. The van der Waals surface area contributed by atoms with E-state index in [-0.39, 0.29) is 5.75 Å². The highest BCUT2D eigenvalue weighted by molar-refractivity contribution is 5.45. The van der Waals surface area contributed by atoms with Gasteiger partial charge in [-0.1, -0.05) is 0 Å². The smallest absolute Gasteiger partial charge is 0.149 e. The number of rotatable bonds is 1. The average molecular weight is 226 g/mol. The zero-order valence-corrected chi connectivity index (χ0v) is 9.01. The highest BCUT2D eigenvalue weighted by Gasteiger charge is 2.22.